The number of ether oxygens (including phenoxy) is 3. The van der Waals surface area contributed by atoms with E-state index >= 15 is 4.79 Å². The van der Waals surface area contributed by atoms with Crippen molar-refractivity contribution >= 4 is 39.1 Å². The summed E-state index contributed by atoms with van der Waals surface area (Å²) >= 11 is 6.33. The van der Waals surface area contributed by atoms with Gasteiger partial charge in [-0.1, -0.05) is 29.8 Å². The van der Waals surface area contributed by atoms with Gasteiger partial charge in [0.1, 0.15) is 16.4 Å². The van der Waals surface area contributed by atoms with Gasteiger partial charge in [0.2, 0.25) is 5.91 Å². The van der Waals surface area contributed by atoms with Crippen molar-refractivity contribution in [3.63, 3.8) is 0 Å². The summed E-state index contributed by atoms with van der Waals surface area (Å²) in [5.74, 6) is -4.76. The number of hydrogen-bond donors (Lipinski definition) is 1. The van der Waals surface area contributed by atoms with Gasteiger partial charge in [0.15, 0.2) is 11.3 Å². The summed E-state index contributed by atoms with van der Waals surface area (Å²) in [7, 11) is -1.66. The Kier molecular flexibility index (Phi) is 9.24. The Labute approximate surface area is 280 Å². The summed E-state index contributed by atoms with van der Waals surface area (Å²) < 4.78 is 124. The quantitative estimate of drug-likeness (QED) is 0.329. The van der Waals surface area contributed by atoms with Crippen molar-refractivity contribution in [2.75, 3.05) is 32.1 Å². The molecule has 264 valence electrons. The number of amides is 2. The number of fused-ring (bicyclic) bond motifs is 1. The molecule has 5 rings (SSSR count). The van der Waals surface area contributed by atoms with Crippen molar-refractivity contribution in [1.82, 2.24) is 9.80 Å². The van der Waals surface area contributed by atoms with Gasteiger partial charge in [-0.25, -0.2) is 12.7 Å². The lowest BCUT2D eigenvalue weighted by molar-refractivity contribution is -0.276. The number of aliphatic hydroxyl groups excluding tert-OH is 1. The predicted molar refractivity (Wildman–Crippen MR) is 160 cm³/mol. The molecule has 2 amide bonds. The Bertz CT molecular complexity index is 1910. The highest BCUT2D eigenvalue weighted by Gasteiger charge is 2.64. The largest absolute Gasteiger partial charge is 0.573 e. The highest BCUT2D eigenvalue weighted by molar-refractivity contribution is 7.93. The second-order valence-electron chi connectivity index (χ2n) is 11.1. The highest BCUT2D eigenvalue weighted by Crippen LogP contribution is 2.55. The molecule has 1 unspecified atom stereocenters. The molecule has 0 saturated carbocycles. The van der Waals surface area contributed by atoms with Crippen LogP contribution in [0.5, 0.6) is 17.2 Å². The minimum Gasteiger partial charge on any atom is -0.497 e. The van der Waals surface area contributed by atoms with Gasteiger partial charge in [0, 0.05) is 42.9 Å². The summed E-state index contributed by atoms with van der Waals surface area (Å²) in [6.45, 7) is -0.554. The normalized spacial score (nSPS) is 21.4. The number of para-hydroxylation sites is 1. The van der Waals surface area contributed by atoms with Crippen LogP contribution in [0.4, 0.5) is 32.0 Å². The van der Waals surface area contributed by atoms with Crippen LogP contribution in [0, 0.1) is 0 Å². The molecule has 1 N–H and O–H groups in total. The van der Waals surface area contributed by atoms with Crippen molar-refractivity contribution in [1.29, 1.82) is 0 Å². The molecular weight excluding hydrogens is 712 g/mol. The van der Waals surface area contributed by atoms with Crippen molar-refractivity contribution in [2.45, 2.75) is 41.7 Å². The molecule has 19 heteroatoms. The Morgan fingerprint density at radius 2 is 1.59 bits per heavy atom. The molecule has 0 radical (unpaired) electrons. The van der Waals surface area contributed by atoms with E-state index in [1.165, 1.54) is 20.2 Å². The molecule has 49 heavy (non-hydrogen) atoms. The number of anilines is 1. The first-order valence-corrected chi connectivity index (χ1v) is 15.9. The van der Waals surface area contributed by atoms with Crippen LogP contribution in [-0.2, 0) is 25.2 Å². The van der Waals surface area contributed by atoms with Crippen LogP contribution in [-0.4, -0.2) is 87.8 Å². The van der Waals surface area contributed by atoms with Crippen LogP contribution in [0.3, 0.4) is 0 Å². The number of carbonyl (C=O) groups excluding carboxylic acids is 2. The standard InChI is InChI=1S/C30H26ClF6N3O8S/c1-38(2)26(42)22-13-17(41)15-39(22)28(19-6-4-5-7-23(19)47-29(32,33)34)20-12-16(31)8-10-21(20)40(27(28)43)49(44,45)25-11-9-18(46-3)14-24(25)48-30(35,36)37/h4-12,14,17,22,41H,13,15H2,1-3H3/t17-,22+,28?/m1/s1. The topological polar surface area (TPSA) is 126 Å². The molecule has 3 aromatic carbocycles. The molecule has 0 aliphatic carbocycles. The third-order valence-corrected chi connectivity index (χ3v) is 9.87. The van der Waals surface area contributed by atoms with Crippen molar-refractivity contribution in [3.05, 3.63) is 76.8 Å². The molecule has 0 spiro atoms. The smallest absolute Gasteiger partial charge is 0.497 e. The molecule has 1 saturated heterocycles. The van der Waals surface area contributed by atoms with Crippen LogP contribution in [0.15, 0.2) is 65.6 Å². The maximum atomic E-state index is 15.1. The maximum absolute atomic E-state index is 15.1. The number of β-amino-alcohol motifs (C(OH)–C–C–N with tert-alkyl or cyclic N) is 1. The Morgan fingerprint density at radius 3 is 2.20 bits per heavy atom. The first kappa shape index (κ1) is 36.0. The first-order chi connectivity index (χ1) is 22.7. The third kappa shape index (κ3) is 6.44. The van der Waals surface area contributed by atoms with Gasteiger partial charge in [-0.15, -0.1) is 26.3 Å². The molecule has 2 aliphatic heterocycles. The third-order valence-electron chi connectivity index (χ3n) is 7.89. The molecule has 2 heterocycles. The zero-order chi connectivity index (χ0) is 36.3. The molecule has 3 atom stereocenters. The van der Waals surface area contributed by atoms with E-state index in [4.69, 9.17) is 16.3 Å². The van der Waals surface area contributed by atoms with Crippen LogP contribution in [0.25, 0.3) is 0 Å². The number of sulfonamides is 1. The molecule has 2 aliphatic rings. The van der Waals surface area contributed by atoms with Gasteiger partial charge in [-0.2, -0.15) is 0 Å². The van der Waals surface area contributed by atoms with E-state index in [9.17, 15) is 44.7 Å². The minimum absolute atomic E-state index is 0.107. The van der Waals surface area contributed by atoms with Crippen LogP contribution >= 0.6 is 11.6 Å². The van der Waals surface area contributed by atoms with Gasteiger partial charge < -0.3 is 24.2 Å². The van der Waals surface area contributed by atoms with Crippen molar-refractivity contribution < 1.29 is 63.7 Å². The Hall–Kier alpha value is -4.26. The number of methoxy groups -OCH3 is 1. The number of rotatable bonds is 8. The molecular formula is C30H26ClF6N3O8S. The molecule has 3 aromatic rings. The number of alkyl halides is 6. The van der Waals surface area contributed by atoms with Gasteiger partial charge in [-0.3, -0.25) is 14.5 Å². The lowest BCUT2D eigenvalue weighted by Gasteiger charge is -2.42. The lowest BCUT2D eigenvalue weighted by Crippen LogP contribution is -2.59. The second kappa shape index (κ2) is 12.6. The number of aliphatic hydroxyl groups is 1. The Morgan fingerprint density at radius 1 is 0.959 bits per heavy atom. The molecule has 11 nitrogen and oxygen atoms in total. The SMILES string of the molecule is COc1ccc(S(=O)(=O)N2C(=O)C(c3ccccc3OC(F)(F)F)(N3C[C@H](O)C[C@H]3C(=O)N(C)C)c3cc(Cl)ccc32)c(OC(F)(F)F)c1. The van der Waals surface area contributed by atoms with E-state index in [1.54, 1.807) is 0 Å². The second-order valence-corrected chi connectivity index (χ2v) is 13.3. The monoisotopic (exact) mass is 737 g/mol. The number of hydrogen-bond acceptors (Lipinski definition) is 9. The fraction of sp³-hybridized carbons (Fsp3) is 0.333. The number of halogens is 7. The van der Waals surface area contributed by atoms with Gasteiger partial charge in [-0.05, 0) is 42.8 Å². The average molecular weight is 738 g/mol. The number of likely N-dealkylation sites (N-methyl/N-ethyl adjacent to an activating group) is 1. The van der Waals surface area contributed by atoms with Gasteiger partial charge >= 0.3 is 12.7 Å². The number of benzene rings is 3. The summed E-state index contributed by atoms with van der Waals surface area (Å²) in [5, 5.41) is 10.7. The first-order valence-electron chi connectivity index (χ1n) is 14.1. The lowest BCUT2D eigenvalue weighted by atomic mass is 9.80. The van der Waals surface area contributed by atoms with E-state index in [0.29, 0.717) is 12.1 Å². The molecule has 0 aromatic heterocycles. The summed E-state index contributed by atoms with van der Waals surface area (Å²) in [5.41, 5.74) is -4.21. The zero-order valence-electron chi connectivity index (χ0n) is 25.5. The number of carbonyl (C=O) groups is 2. The van der Waals surface area contributed by atoms with E-state index in [0.717, 1.165) is 59.4 Å². The van der Waals surface area contributed by atoms with Crippen LogP contribution in [0.1, 0.15) is 17.5 Å². The van der Waals surface area contributed by atoms with Crippen molar-refractivity contribution in [2.24, 2.45) is 0 Å². The number of likely N-dealkylation sites (tertiary alicyclic amines) is 1. The summed E-state index contributed by atoms with van der Waals surface area (Å²) in [4.78, 5) is 29.6. The van der Waals surface area contributed by atoms with E-state index < -0.39 is 86.4 Å². The van der Waals surface area contributed by atoms with E-state index in [-0.39, 0.29) is 27.1 Å². The highest BCUT2D eigenvalue weighted by atomic mass is 35.5. The minimum atomic E-state index is -5.45. The van der Waals surface area contributed by atoms with E-state index in [1.807, 2.05) is 0 Å². The molecule has 1 fully saturated rings. The summed E-state index contributed by atoms with van der Waals surface area (Å²) in [6.07, 6.45) is -12.4. The average Bonchev–Trinajstić information content (AvgIpc) is 3.50. The van der Waals surface area contributed by atoms with Gasteiger partial charge in [0.25, 0.3) is 15.9 Å². The summed E-state index contributed by atoms with van der Waals surface area (Å²) in [6, 6.07) is 8.38. The van der Waals surface area contributed by atoms with Crippen LogP contribution in [0.2, 0.25) is 5.02 Å². The van der Waals surface area contributed by atoms with Gasteiger partial charge in [0.05, 0.1) is 24.9 Å². The van der Waals surface area contributed by atoms with E-state index in [2.05, 4.69) is 9.47 Å². The van der Waals surface area contributed by atoms with Crippen molar-refractivity contribution in [3.8, 4) is 17.2 Å². The number of nitrogens with zero attached hydrogens (tertiary/aromatic N) is 3. The predicted octanol–water partition coefficient (Wildman–Crippen LogP) is 4.65. The van der Waals surface area contributed by atoms with Crippen LogP contribution < -0.4 is 18.5 Å². The zero-order valence-corrected chi connectivity index (χ0v) is 27.1. The molecule has 0 bridgehead atoms. The fourth-order valence-corrected chi connectivity index (χ4v) is 7.84. The Balaban J connectivity index is 1.87. The fourth-order valence-electron chi connectivity index (χ4n) is 6.11. The maximum Gasteiger partial charge on any atom is 0.573 e.